The van der Waals surface area contributed by atoms with Crippen molar-refractivity contribution in [2.24, 2.45) is 7.05 Å². The number of nitrogens with zero attached hydrogens (tertiary/aromatic N) is 2. The zero-order chi connectivity index (χ0) is 19.4. The monoisotopic (exact) mass is 367 g/mol. The Kier molecular flexibility index (Phi) is 5.40. The second-order valence-corrected chi connectivity index (χ2v) is 6.23. The molecule has 140 valence electrons. The molecule has 1 amide bonds. The van der Waals surface area contributed by atoms with E-state index >= 15 is 0 Å². The van der Waals surface area contributed by atoms with Crippen LogP contribution in [0.25, 0.3) is 0 Å². The van der Waals surface area contributed by atoms with Crippen LogP contribution in [0.15, 0.2) is 47.0 Å². The molecule has 27 heavy (non-hydrogen) atoms. The topological polar surface area (TPSA) is 86.4 Å². The van der Waals surface area contributed by atoms with Gasteiger partial charge in [0.05, 0.1) is 5.69 Å². The summed E-state index contributed by atoms with van der Waals surface area (Å²) in [6, 6.07) is 10.2. The van der Waals surface area contributed by atoms with Crippen LogP contribution in [-0.4, -0.2) is 21.5 Å². The first-order chi connectivity index (χ1) is 12.9. The fourth-order valence-corrected chi connectivity index (χ4v) is 2.60. The summed E-state index contributed by atoms with van der Waals surface area (Å²) in [7, 11) is 1.84. The fourth-order valence-electron chi connectivity index (χ4n) is 2.60. The number of amides is 1. The van der Waals surface area contributed by atoms with Crippen LogP contribution in [-0.2, 0) is 20.2 Å². The largest absolute Gasteiger partial charge is 0.486 e. The van der Waals surface area contributed by atoms with Crippen LogP contribution < -0.4 is 10.1 Å². The molecule has 0 atom stereocenters. The van der Waals surface area contributed by atoms with Crippen molar-refractivity contribution in [1.82, 2.24) is 15.1 Å². The molecule has 7 heteroatoms. The van der Waals surface area contributed by atoms with Gasteiger partial charge in [0, 0.05) is 30.9 Å². The maximum absolute atomic E-state index is 12.2. The zero-order valence-electron chi connectivity index (χ0n) is 15.5. The molecule has 0 aliphatic heterocycles. The Labute approximate surface area is 156 Å². The van der Waals surface area contributed by atoms with Gasteiger partial charge in [-0.25, -0.2) is 0 Å². The third-order valence-corrected chi connectivity index (χ3v) is 4.08. The van der Waals surface area contributed by atoms with Crippen LogP contribution >= 0.6 is 0 Å². The average molecular weight is 367 g/mol. The number of aromatic nitrogens is 2. The van der Waals surface area contributed by atoms with Gasteiger partial charge in [0.2, 0.25) is 0 Å². The van der Waals surface area contributed by atoms with E-state index in [0.717, 1.165) is 11.3 Å². The van der Waals surface area contributed by atoms with Gasteiger partial charge in [-0.15, -0.1) is 0 Å². The number of furan rings is 1. The van der Waals surface area contributed by atoms with Crippen molar-refractivity contribution in [3.63, 3.8) is 0 Å². The van der Waals surface area contributed by atoms with Gasteiger partial charge in [-0.3, -0.25) is 14.3 Å². The Morgan fingerprint density at radius 2 is 1.93 bits per heavy atom. The van der Waals surface area contributed by atoms with E-state index in [4.69, 9.17) is 9.15 Å². The summed E-state index contributed by atoms with van der Waals surface area (Å²) in [5.41, 5.74) is 2.46. The zero-order valence-corrected chi connectivity index (χ0v) is 15.5. The first-order valence-corrected chi connectivity index (χ1v) is 8.52. The molecule has 2 heterocycles. The van der Waals surface area contributed by atoms with Gasteiger partial charge in [-0.05, 0) is 50.2 Å². The Bertz CT molecular complexity index is 954. The van der Waals surface area contributed by atoms with E-state index in [0.29, 0.717) is 23.6 Å². The second kappa shape index (κ2) is 7.90. The quantitative estimate of drug-likeness (QED) is 0.649. The summed E-state index contributed by atoms with van der Waals surface area (Å²) in [5, 5.41) is 7.06. The first kappa shape index (κ1) is 18.4. The standard InChI is InChI=1S/C20H21N3O4/c1-13-16(11-23(3)22-13)10-21-20(25)19-9-8-18(27-19)12-26-17-6-4-15(5-7-17)14(2)24/h4-9,11H,10,12H2,1-3H3,(H,21,25). The maximum atomic E-state index is 12.2. The predicted octanol–water partition coefficient (Wildman–Crippen LogP) is 3.03. The van der Waals surface area contributed by atoms with Gasteiger partial charge < -0.3 is 14.5 Å². The first-order valence-electron chi connectivity index (χ1n) is 8.52. The normalized spacial score (nSPS) is 10.6. The minimum Gasteiger partial charge on any atom is -0.486 e. The molecular weight excluding hydrogens is 346 g/mol. The van der Waals surface area contributed by atoms with E-state index in [1.807, 2.05) is 20.2 Å². The molecule has 0 aliphatic carbocycles. The van der Waals surface area contributed by atoms with Crippen LogP contribution in [0.1, 0.15) is 44.9 Å². The SMILES string of the molecule is CC(=O)c1ccc(OCc2ccc(C(=O)NCc3cn(C)nc3C)o2)cc1. The van der Waals surface area contributed by atoms with Crippen molar-refractivity contribution in [2.75, 3.05) is 0 Å². The lowest BCUT2D eigenvalue weighted by molar-refractivity contribution is 0.0918. The van der Waals surface area contributed by atoms with Gasteiger partial charge >= 0.3 is 0 Å². The molecular formula is C20H21N3O4. The molecule has 7 nitrogen and oxygen atoms in total. The summed E-state index contributed by atoms with van der Waals surface area (Å²) in [6.07, 6.45) is 1.87. The Hall–Kier alpha value is -3.35. The van der Waals surface area contributed by atoms with Crippen LogP contribution in [0.2, 0.25) is 0 Å². The average Bonchev–Trinajstić information content (AvgIpc) is 3.24. The summed E-state index contributed by atoms with van der Waals surface area (Å²) in [5.74, 6) is 1.09. The summed E-state index contributed by atoms with van der Waals surface area (Å²) >= 11 is 0. The number of aryl methyl sites for hydroxylation is 2. The predicted molar refractivity (Wildman–Crippen MR) is 98.6 cm³/mol. The molecule has 1 aromatic carbocycles. The number of Topliss-reactive ketones (excluding diaryl/α,β-unsaturated/α-hetero) is 1. The van der Waals surface area contributed by atoms with E-state index < -0.39 is 0 Å². The number of carbonyl (C=O) groups is 2. The highest BCUT2D eigenvalue weighted by molar-refractivity contribution is 5.94. The van der Waals surface area contributed by atoms with Crippen LogP contribution in [0.3, 0.4) is 0 Å². The number of rotatable bonds is 7. The molecule has 0 saturated carbocycles. The summed E-state index contributed by atoms with van der Waals surface area (Å²) < 4.78 is 12.9. The molecule has 3 rings (SSSR count). The second-order valence-electron chi connectivity index (χ2n) is 6.23. The number of benzene rings is 1. The maximum Gasteiger partial charge on any atom is 0.287 e. The minimum absolute atomic E-state index is 0.00437. The van der Waals surface area contributed by atoms with Gasteiger partial charge in [-0.1, -0.05) is 0 Å². The molecule has 0 aliphatic rings. The van der Waals surface area contributed by atoms with Crippen LogP contribution in [0, 0.1) is 6.92 Å². The van der Waals surface area contributed by atoms with Crippen LogP contribution in [0.5, 0.6) is 5.75 Å². The molecule has 0 spiro atoms. The van der Waals surface area contributed by atoms with Gasteiger partial charge in [-0.2, -0.15) is 5.10 Å². The van der Waals surface area contributed by atoms with E-state index in [2.05, 4.69) is 10.4 Å². The van der Waals surface area contributed by atoms with Crippen molar-refractivity contribution in [2.45, 2.75) is 27.0 Å². The third kappa shape index (κ3) is 4.63. The molecule has 2 aromatic heterocycles. The van der Waals surface area contributed by atoms with E-state index in [1.54, 1.807) is 41.1 Å². The lowest BCUT2D eigenvalue weighted by atomic mass is 10.1. The molecule has 3 aromatic rings. The highest BCUT2D eigenvalue weighted by Crippen LogP contribution is 2.16. The molecule has 0 fully saturated rings. The highest BCUT2D eigenvalue weighted by atomic mass is 16.5. The fraction of sp³-hybridized carbons (Fsp3) is 0.250. The number of hydrogen-bond donors (Lipinski definition) is 1. The molecule has 0 saturated heterocycles. The number of hydrogen-bond acceptors (Lipinski definition) is 5. The highest BCUT2D eigenvalue weighted by Gasteiger charge is 2.13. The van der Waals surface area contributed by atoms with E-state index in [1.165, 1.54) is 6.92 Å². The Morgan fingerprint density at radius 1 is 1.19 bits per heavy atom. The van der Waals surface area contributed by atoms with Gasteiger partial charge in [0.25, 0.3) is 5.91 Å². The Balaban J connectivity index is 1.53. The number of ketones is 1. The minimum atomic E-state index is -0.296. The Morgan fingerprint density at radius 3 is 2.56 bits per heavy atom. The lowest BCUT2D eigenvalue weighted by Gasteiger charge is -2.05. The van der Waals surface area contributed by atoms with Crippen molar-refractivity contribution in [1.29, 1.82) is 0 Å². The van der Waals surface area contributed by atoms with Gasteiger partial charge in [0.1, 0.15) is 18.1 Å². The van der Waals surface area contributed by atoms with Crippen molar-refractivity contribution < 1.29 is 18.7 Å². The van der Waals surface area contributed by atoms with Crippen LogP contribution in [0.4, 0.5) is 0 Å². The van der Waals surface area contributed by atoms with E-state index in [-0.39, 0.29) is 24.1 Å². The van der Waals surface area contributed by atoms with Crippen molar-refractivity contribution in [3.8, 4) is 5.75 Å². The molecule has 0 unspecified atom stereocenters. The molecule has 0 bridgehead atoms. The summed E-state index contributed by atoms with van der Waals surface area (Å²) in [6.45, 7) is 3.98. The smallest absolute Gasteiger partial charge is 0.287 e. The third-order valence-electron chi connectivity index (χ3n) is 4.08. The van der Waals surface area contributed by atoms with E-state index in [9.17, 15) is 9.59 Å². The molecule has 1 N–H and O–H groups in total. The number of ether oxygens (including phenoxy) is 1. The number of carbonyl (C=O) groups excluding carboxylic acids is 2. The van der Waals surface area contributed by atoms with Crippen molar-refractivity contribution in [3.05, 3.63) is 70.9 Å². The molecule has 0 radical (unpaired) electrons. The lowest BCUT2D eigenvalue weighted by Crippen LogP contribution is -2.22. The number of nitrogens with one attached hydrogen (secondary N) is 1. The summed E-state index contributed by atoms with van der Waals surface area (Å²) in [4.78, 5) is 23.5. The van der Waals surface area contributed by atoms with Crippen molar-refractivity contribution >= 4 is 11.7 Å². The van der Waals surface area contributed by atoms with Gasteiger partial charge in [0.15, 0.2) is 11.5 Å².